The van der Waals surface area contributed by atoms with E-state index in [1.165, 1.54) is 18.4 Å². The van der Waals surface area contributed by atoms with Gasteiger partial charge in [-0.1, -0.05) is 23.7 Å². The molecule has 1 aromatic rings. The summed E-state index contributed by atoms with van der Waals surface area (Å²) in [5.74, 6) is 0.140. The predicted molar refractivity (Wildman–Crippen MR) is 91.1 cm³/mol. The topological polar surface area (TPSA) is 67.6 Å². The van der Waals surface area contributed by atoms with E-state index in [1.807, 2.05) is 18.2 Å². The molecule has 0 aromatic heterocycles. The molecule has 0 amide bonds. The number of likely N-dealkylation sites (tertiary alicyclic amines) is 1. The highest BCUT2D eigenvalue weighted by Crippen LogP contribution is 2.27. The molecule has 0 aliphatic carbocycles. The first-order chi connectivity index (χ1) is 8.66. The number of hydrogen-bond donors (Lipinski definition) is 2. The number of nitrogens with zero attached hydrogens (tertiary/aromatic N) is 2. The molecule has 19 heavy (non-hydrogen) atoms. The van der Waals surface area contributed by atoms with Gasteiger partial charge in [0.05, 0.1) is 12.6 Å². The predicted octanol–water partition coefficient (Wildman–Crippen LogP) is 2.37. The molecule has 4 N–H and O–H groups in total. The second-order valence-corrected chi connectivity index (χ2v) is 5.02. The van der Waals surface area contributed by atoms with E-state index in [1.54, 1.807) is 0 Å². The third-order valence-corrected chi connectivity index (χ3v) is 3.50. The Labute approximate surface area is 136 Å². The Morgan fingerprint density at radius 2 is 2.00 bits per heavy atom. The van der Waals surface area contributed by atoms with E-state index in [9.17, 15) is 0 Å². The largest absolute Gasteiger partial charge is 0.370 e. The molecule has 0 radical (unpaired) electrons. The number of guanidine groups is 1. The maximum absolute atomic E-state index is 6.05. The van der Waals surface area contributed by atoms with E-state index < -0.39 is 0 Å². The lowest BCUT2D eigenvalue weighted by atomic mass is 10.1. The van der Waals surface area contributed by atoms with Gasteiger partial charge in [-0.3, -0.25) is 9.89 Å². The van der Waals surface area contributed by atoms with Gasteiger partial charge in [0.2, 0.25) is 0 Å². The SMILES string of the molecule is I.NC(N)=NCC(c1cccc(Cl)c1)N1CCCC1. The maximum atomic E-state index is 6.05. The van der Waals surface area contributed by atoms with Crippen molar-refractivity contribution in [3.05, 3.63) is 34.9 Å². The van der Waals surface area contributed by atoms with E-state index in [0.717, 1.165) is 18.1 Å². The van der Waals surface area contributed by atoms with Crippen molar-refractivity contribution in [2.45, 2.75) is 18.9 Å². The van der Waals surface area contributed by atoms with Crippen LogP contribution in [0.2, 0.25) is 5.02 Å². The smallest absolute Gasteiger partial charge is 0.185 e. The molecule has 1 aliphatic rings. The van der Waals surface area contributed by atoms with Crippen LogP contribution < -0.4 is 11.5 Å². The zero-order valence-corrected chi connectivity index (χ0v) is 13.8. The zero-order valence-electron chi connectivity index (χ0n) is 10.8. The minimum absolute atomic E-state index is 0. The molecular formula is C13H20ClIN4. The molecule has 1 unspecified atom stereocenters. The fraction of sp³-hybridized carbons (Fsp3) is 0.462. The van der Waals surface area contributed by atoms with Crippen molar-refractivity contribution in [2.75, 3.05) is 19.6 Å². The van der Waals surface area contributed by atoms with Crippen LogP contribution in [0.1, 0.15) is 24.4 Å². The molecule has 2 rings (SSSR count). The fourth-order valence-corrected chi connectivity index (χ4v) is 2.59. The summed E-state index contributed by atoms with van der Waals surface area (Å²) in [5, 5.41) is 0.751. The van der Waals surface area contributed by atoms with Gasteiger partial charge in [0.15, 0.2) is 5.96 Å². The van der Waals surface area contributed by atoms with Crippen molar-refractivity contribution < 1.29 is 0 Å². The molecular weight excluding hydrogens is 375 g/mol. The Balaban J connectivity index is 0.00000180. The van der Waals surface area contributed by atoms with E-state index >= 15 is 0 Å². The quantitative estimate of drug-likeness (QED) is 0.468. The lowest BCUT2D eigenvalue weighted by Gasteiger charge is -2.26. The van der Waals surface area contributed by atoms with Crippen LogP contribution in [-0.4, -0.2) is 30.5 Å². The second kappa shape index (κ2) is 7.91. The van der Waals surface area contributed by atoms with Crippen molar-refractivity contribution in [1.82, 2.24) is 4.90 Å². The highest BCUT2D eigenvalue weighted by molar-refractivity contribution is 14.0. The fourth-order valence-electron chi connectivity index (χ4n) is 2.39. The molecule has 1 saturated heterocycles. The summed E-state index contributed by atoms with van der Waals surface area (Å²) in [5.41, 5.74) is 12.0. The highest BCUT2D eigenvalue weighted by Gasteiger charge is 2.23. The Morgan fingerprint density at radius 1 is 1.32 bits per heavy atom. The van der Waals surface area contributed by atoms with Crippen molar-refractivity contribution in [3.8, 4) is 0 Å². The first kappa shape index (κ1) is 16.5. The van der Waals surface area contributed by atoms with Crippen molar-refractivity contribution in [3.63, 3.8) is 0 Å². The summed E-state index contributed by atoms with van der Waals surface area (Å²) in [7, 11) is 0. The van der Waals surface area contributed by atoms with Crippen LogP contribution in [0.4, 0.5) is 0 Å². The van der Waals surface area contributed by atoms with E-state index in [-0.39, 0.29) is 36.0 Å². The van der Waals surface area contributed by atoms with Gasteiger partial charge in [-0.25, -0.2) is 0 Å². The monoisotopic (exact) mass is 394 g/mol. The Kier molecular flexibility index (Phi) is 6.88. The molecule has 0 spiro atoms. The normalized spacial score (nSPS) is 16.7. The minimum atomic E-state index is 0. The molecule has 1 aromatic carbocycles. The number of halogens is 2. The third kappa shape index (κ3) is 4.81. The standard InChI is InChI=1S/C13H19ClN4.HI/c14-11-5-3-4-10(8-11)12(9-17-13(15)16)18-6-1-2-7-18;/h3-5,8,12H,1-2,6-7,9H2,(H4,15,16,17);1H. The molecule has 0 saturated carbocycles. The van der Waals surface area contributed by atoms with Gasteiger partial charge in [0, 0.05) is 5.02 Å². The Hall–Kier alpha value is -0.530. The van der Waals surface area contributed by atoms with Crippen LogP contribution in [0, 0.1) is 0 Å². The molecule has 1 heterocycles. The van der Waals surface area contributed by atoms with Crippen LogP contribution in [0.15, 0.2) is 29.3 Å². The molecule has 1 fully saturated rings. The summed E-state index contributed by atoms with van der Waals surface area (Å²) >= 11 is 6.05. The number of nitrogens with two attached hydrogens (primary N) is 2. The lowest BCUT2D eigenvalue weighted by Crippen LogP contribution is -2.30. The van der Waals surface area contributed by atoms with Crippen LogP contribution >= 0.6 is 35.6 Å². The summed E-state index contributed by atoms with van der Waals surface area (Å²) < 4.78 is 0. The molecule has 4 nitrogen and oxygen atoms in total. The van der Waals surface area contributed by atoms with Crippen LogP contribution in [-0.2, 0) is 0 Å². The van der Waals surface area contributed by atoms with Gasteiger partial charge in [0.25, 0.3) is 0 Å². The zero-order chi connectivity index (χ0) is 13.0. The number of rotatable bonds is 4. The number of benzene rings is 1. The molecule has 106 valence electrons. The van der Waals surface area contributed by atoms with Gasteiger partial charge in [-0.2, -0.15) is 0 Å². The lowest BCUT2D eigenvalue weighted by molar-refractivity contribution is 0.252. The molecule has 6 heteroatoms. The molecule has 0 bridgehead atoms. The van der Waals surface area contributed by atoms with Crippen molar-refractivity contribution in [1.29, 1.82) is 0 Å². The van der Waals surface area contributed by atoms with Gasteiger partial charge in [-0.05, 0) is 43.6 Å². The average molecular weight is 395 g/mol. The first-order valence-electron chi connectivity index (χ1n) is 6.22. The van der Waals surface area contributed by atoms with Crippen LogP contribution in [0.25, 0.3) is 0 Å². The average Bonchev–Trinajstić information content (AvgIpc) is 2.83. The molecule has 1 aliphatic heterocycles. The van der Waals surface area contributed by atoms with Gasteiger partial charge in [0.1, 0.15) is 0 Å². The van der Waals surface area contributed by atoms with Gasteiger partial charge >= 0.3 is 0 Å². The van der Waals surface area contributed by atoms with E-state index in [2.05, 4.69) is 16.0 Å². The molecule has 1 atom stereocenters. The summed E-state index contributed by atoms with van der Waals surface area (Å²) in [6.07, 6.45) is 2.47. The second-order valence-electron chi connectivity index (χ2n) is 4.58. The van der Waals surface area contributed by atoms with Crippen LogP contribution in [0.5, 0.6) is 0 Å². The van der Waals surface area contributed by atoms with Crippen LogP contribution in [0.3, 0.4) is 0 Å². The van der Waals surface area contributed by atoms with Gasteiger partial charge < -0.3 is 11.5 Å². The van der Waals surface area contributed by atoms with Crippen molar-refractivity contribution >= 4 is 41.5 Å². The van der Waals surface area contributed by atoms with Crippen molar-refractivity contribution in [2.24, 2.45) is 16.5 Å². The Morgan fingerprint density at radius 3 is 2.58 bits per heavy atom. The highest BCUT2D eigenvalue weighted by atomic mass is 127. The summed E-state index contributed by atoms with van der Waals surface area (Å²) in [4.78, 5) is 6.58. The van der Waals surface area contributed by atoms with E-state index in [0.29, 0.717) is 6.54 Å². The third-order valence-electron chi connectivity index (χ3n) is 3.26. The maximum Gasteiger partial charge on any atom is 0.185 e. The minimum Gasteiger partial charge on any atom is -0.370 e. The summed E-state index contributed by atoms with van der Waals surface area (Å²) in [6, 6.07) is 8.14. The number of aliphatic imine (C=N–C) groups is 1. The van der Waals surface area contributed by atoms with E-state index in [4.69, 9.17) is 23.1 Å². The Bertz CT molecular complexity index is 428. The number of hydrogen-bond acceptors (Lipinski definition) is 2. The van der Waals surface area contributed by atoms with Gasteiger partial charge in [-0.15, -0.1) is 24.0 Å². The first-order valence-corrected chi connectivity index (χ1v) is 6.59. The summed E-state index contributed by atoms with van der Waals surface area (Å²) in [6.45, 7) is 2.77.